The first-order chi connectivity index (χ1) is 4.57. The minimum atomic E-state index is -0.548. The van der Waals surface area contributed by atoms with Gasteiger partial charge in [-0.2, -0.15) is 0 Å². The van der Waals surface area contributed by atoms with Crippen molar-refractivity contribution in [2.45, 2.75) is 6.42 Å². The molecule has 0 saturated heterocycles. The molecule has 0 aromatic heterocycles. The summed E-state index contributed by atoms with van der Waals surface area (Å²) in [5, 5.41) is 2.32. The maximum absolute atomic E-state index is 10.6. The van der Waals surface area contributed by atoms with Gasteiger partial charge in [-0.25, -0.2) is 0 Å². The first kappa shape index (κ1) is 8.68. The molecule has 0 heterocycles. The van der Waals surface area contributed by atoms with E-state index in [0.717, 1.165) is 0 Å². The summed E-state index contributed by atoms with van der Waals surface area (Å²) in [6, 6.07) is 0. The molecule has 4 nitrogen and oxygen atoms in total. The van der Waals surface area contributed by atoms with Crippen molar-refractivity contribution < 1.29 is 9.59 Å². The SMILES string of the molecule is C=C(CC(N)=O)C(=O)NC. The van der Waals surface area contributed by atoms with Crippen LogP contribution in [0.5, 0.6) is 0 Å². The van der Waals surface area contributed by atoms with Gasteiger partial charge in [0.2, 0.25) is 11.8 Å². The molecule has 0 fully saturated rings. The minimum Gasteiger partial charge on any atom is -0.369 e. The highest BCUT2D eigenvalue weighted by atomic mass is 16.2. The summed E-state index contributed by atoms with van der Waals surface area (Å²) in [5.41, 5.74) is 5.00. The fraction of sp³-hybridized carbons (Fsp3) is 0.333. The molecule has 0 aromatic carbocycles. The van der Waals surface area contributed by atoms with Gasteiger partial charge in [-0.15, -0.1) is 0 Å². The fourth-order valence-electron chi connectivity index (χ4n) is 0.467. The highest BCUT2D eigenvalue weighted by Gasteiger charge is 2.06. The van der Waals surface area contributed by atoms with Crippen LogP contribution < -0.4 is 11.1 Å². The third-order valence-electron chi connectivity index (χ3n) is 0.936. The van der Waals surface area contributed by atoms with Crippen LogP contribution in [-0.4, -0.2) is 18.9 Å². The molecule has 0 atom stereocenters. The van der Waals surface area contributed by atoms with E-state index >= 15 is 0 Å². The summed E-state index contributed by atoms with van der Waals surface area (Å²) < 4.78 is 0. The zero-order valence-corrected chi connectivity index (χ0v) is 5.81. The van der Waals surface area contributed by atoms with E-state index in [0.29, 0.717) is 0 Å². The Morgan fingerprint density at radius 2 is 2.10 bits per heavy atom. The number of nitrogens with one attached hydrogen (secondary N) is 1. The molecule has 0 unspecified atom stereocenters. The average molecular weight is 142 g/mol. The van der Waals surface area contributed by atoms with Crippen molar-refractivity contribution in [3.05, 3.63) is 12.2 Å². The van der Waals surface area contributed by atoms with Crippen LogP contribution in [0.25, 0.3) is 0 Å². The van der Waals surface area contributed by atoms with Gasteiger partial charge in [-0.1, -0.05) is 6.58 Å². The lowest BCUT2D eigenvalue weighted by molar-refractivity contribution is -0.121. The maximum atomic E-state index is 10.6. The molecule has 0 aromatic rings. The molecule has 0 aliphatic carbocycles. The molecule has 56 valence electrons. The van der Waals surface area contributed by atoms with Crippen molar-refractivity contribution in [2.24, 2.45) is 5.73 Å². The van der Waals surface area contributed by atoms with Crippen molar-refractivity contribution in [1.82, 2.24) is 5.32 Å². The lowest BCUT2D eigenvalue weighted by Crippen LogP contribution is -2.23. The summed E-state index contributed by atoms with van der Waals surface area (Å²) in [6.07, 6.45) is -0.0837. The second-order valence-corrected chi connectivity index (χ2v) is 1.83. The number of amides is 2. The molecular weight excluding hydrogens is 132 g/mol. The van der Waals surface area contributed by atoms with E-state index in [1.54, 1.807) is 0 Å². The molecule has 0 rings (SSSR count). The Morgan fingerprint density at radius 1 is 1.60 bits per heavy atom. The minimum absolute atomic E-state index is 0.0837. The third-order valence-corrected chi connectivity index (χ3v) is 0.936. The van der Waals surface area contributed by atoms with Gasteiger partial charge >= 0.3 is 0 Å². The van der Waals surface area contributed by atoms with Crippen molar-refractivity contribution in [3.63, 3.8) is 0 Å². The topological polar surface area (TPSA) is 72.2 Å². The molecule has 0 spiro atoms. The van der Waals surface area contributed by atoms with Crippen LogP contribution in [0.1, 0.15) is 6.42 Å². The van der Waals surface area contributed by atoms with Crippen molar-refractivity contribution in [2.75, 3.05) is 7.05 Å². The predicted octanol–water partition coefficient (Wildman–Crippen LogP) is -0.836. The number of primary amides is 1. The van der Waals surface area contributed by atoms with Crippen molar-refractivity contribution in [3.8, 4) is 0 Å². The van der Waals surface area contributed by atoms with Gasteiger partial charge in [0.05, 0.1) is 6.42 Å². The second kappa shape index (κ2) is 3.66. The van der Waals surface area contributed by atoms with E-state index in [1.165, 1.54) is 7.05 Å². The zero-order valence-electron chi connectivity index (χ0n) is 5.81. The van der Waals surface area contributed by atoms with Crippen LogP contribution >= 0.6 is 0 Å². The smallest absolute Gasteiger partial charge is 0.246 e. The van der Waals surface area contributed by atoms with Crippen LogP contribution in [0.15, 0.2) is 12.2 Å². The number of hydrogen-bond acceptors (Lipinski definition) is 2. The number of hydrogen-bond donors (Lipinski definition) is 2. The normalized spacial score (nSPS) is 8.50. The third kappa shape index (κ3) is 2.86. The average Bonchev–Trinajstić information content (AvgIpc) is 1.85. The van der Waals surface area contributed by atoms with Crippen LogP contribution in [0, 0.1) is 0 Å². The number of carbonyl (C=O) groups is 2. The summed E-state index contributed by atoms with van der Waals surface area (Å²) >= 11 is 0. The number of rotatable bonds is 3. The Hall–Kier alpha value is -1.32. The first-order valence-electron chi connectivity index (χ1n) is 2.76. The van der Waals surface area contributed by atoms with E-state index in [-0.39, 0.29) is 17.9 Å². The molecule has 4 heteroatoms. The monoisotopic (exact) mass is 142 g/mol. The number of carbonyl (C=O) groups excluding carboxylic acids is 2. The van der Waals surface area contributed by atoms with Crippen LogP contribution in [0.4, 0.5) is 0 Å². The molecule has 10 heavy (non-hydrogen) atoms. The lowest BCUT2D eigenvalue weighted by atomic mass is 10.2. The van der Waals surface area contributed by atoms with Crippen LogP contribution in [0.2, 0.25) is 0 Å². The van der Waals surface area contributed by atoms with E-state index in [4.69, 9.17) is 5.73 Å². The first-order valence-corrected chi connectivity index (χ1v) is 2.76. The molecule has 0 aliphatic heterocycles. The predicted molar refractivity (Wildman–Crippen MR) is 37.0 cm³/mol. The molecule has 0 saturated carbocycles. The van der Waals surface area contributed by atoms with Gasteiger partial charge in [0.15, 0.2) is 0 Å². The quantitative estimate of drug-likeness (QED) is 0.504. The number of likely N-dealkylation sites (N-methyl/N-ethyl adjacent to an activating group) is 1. The Bertz CT molecular complexity index is 175. The molecule has 0 bridgehead atoms. The van der Waals surface area contributed by atoms with E-state index in [9.17, 15) is 9.59 Å². The van der Waals surface area contributed by atoms with E-state index in [2.05, 4.69) is 11.9 Å². The molecule has 0 aliphatic rings. The lowest BCUT2D eigenvalue weighted by Gasteiger charge is -1.98. The summed E-state index contributed by atoms with van der Waals surface area (Å²) in [5.74, 6) is -0.896. The Morgan fingerprint density at radius 3 is 2.40 bits per heavy atom. The molecular formula is C6H10N2O2. The largest absolute Gasteiger partial charge is 0.369 e. The standard InChI is InChI=1S/C6H10N2O2/c1-4(3-5(7)9)6(10)8-2/h1,3H2,2H3,(H2,7,9)(H,8,10). The van der Waals surface area contributed by atoms with Gasteiger partial charge in [-0.05, 0) is 0 Å². The summed E-state index contributed by atoms with van der Waals surface area (Å²) in [6.45, 7) is 3.35. The van der Waals surface area contributed by atoms with E-state index in [1.807, 2.05) is 0 Å². The summed E-state index contributed by atoms with van der Waals surface area (Å²) in [7, 11) is 1.47. The van der Waals surface area contributed by atoms with Gasteiger partial charge in [0, 0.05) is 12.6 Å². The van der Waals surface area contributed by atoms with Crippen LogP contribution in [0.3, 0.4) is 0 Å². The highest BCUT2D eigenvalue weighted by Crippen LogP contribution is 1.94. The van der Waals surface area contributed by atoms with Gasteiger partial charge in [-0.3, -0.25) is 9.59 Å². The molecule has 3 N–H and O–H groups in total. The van der Waals surface area contributed by atoms with Crippen molar-refractivity contribution in [1.29, 1.82) is 0 Å². The number of nitrogens with two attached hydrogens (primary N) is 1. The fourth-order valence-corrected chi connectivity index (χ4v) is 0.467. The van der Waals surface area contributed by atoms with Gasteiger partial charge < -0.3 is 11.1 Å². The molecule has 0 radical (unpaired) electrons. The summed E-state index contributed by atoms with van der Waals surface area (Å²) in [4.78, 5) is 20.8. The Balaban J connectivity index is 3.86. The maximum Gasteiger partial charge on any atom is 0.246 e. The Labute approximate surface area is 59.1 Å². The van der Waals surface area contributed by atoms with Crippen molar-refractivity contribution >= 4 is 11.8 Å². The zero-order chi connectivity index (χ0) is 8.15. The Kier molecular flexibility index (Phi) is 3.17. The van der Waals surface area contributed by atoms with Crippen LogP contribution in [-0.2, 0) is 9.59 Å². The van der Waals surface area contributed by atoms with Gasteiger partial charge in [0.1, 0.15) is 0 Å². The highest BCUT2D eigenvalue weighted by molar-refractivity contribution is 5.97. The second-order valence-electron chi connectivity index (χ2n) is 1.83. The van der Waals surface area contributed by atoms with E-state index < -0.39 is 5.91 Å². The van der Waals surface area contributed by atoms with Gasteiger partial charge in [0.25, 0.3) is 0 Å². The molecule has 2 amide bonds.